The van der Waals surface area contributed by atoms with Crippen LogP contribution in [0.25, 0.3) is 6.08 Å². The van der Waals surface area contributed by atoms with Crippen LogP contribution < -0.4 is 0 Å². The molecular weight excluding hydrogens is 272 g/mol. The first-order valence-electron chi connectivity index (χ1n) is 6.81. The topological polar surface area (TPSA) is 79.7 Å². The Bertz CT molecular complexity index is 550. The third-order valence-electron chi connectivity index (χ3n) is 3.30. The van der Waals surface area contributed by atoms with Crippen molar-refractivity contribution in [3.63, 3.8) is 0 Å². The van der Waals surface area contributed by atoms with Crippen molar-refractivity contribution in [2.45, 2.75) is 18.9 Å². The van der Waals surface area contributed by atoms with E-state index in [-0.39, 0.29) is 17.7 Å². The molecule has 1 atom stereocenters. The molecule has 21 heavy (non-hydrogen) atoms. The van der Waals surface area contributed by atoms with Crippen LogP contribution in [0.15, 0.2) is 24.4 Å². The van der Waals surface area contributed by atoms with Crippen LogP contribution in [0.2, 0.25) is 0 Å². The molecule has 0 radical (unpaired) electrons. The molecule has 6 nitrogen and oxygen atoms in total. The van der Waals surface area contributed by atoms with Crippen molar-refractivity contribution < 1.29 is 19.4 Å². The van der Waals surface area contributed by atoms with Crippen LogP contribution in [0.3, 0.4) is 0 Å². The lowest BCUT2D eigenvalue weighted by Gasteiger charge is -2.21. The third kappa shape index (κ3) is 4.13. The monoisotopic (exact) mass is 290 g/mol. The summed E-state index contributed by atoms with van der Waals surface area (Å²) in [5.74, 6) is -1.30. The number of pyridine rings is 1. The van der Waals surface area contributed by atoms with Crippen molar-refractivity contribution in [2.24, 2.45) is 0 Å². The smallest absolute Gasteiger partial charge is 0.328 e. The first kappa shape index (κ1) is 15.2. The zero-order valence-corrected chi connectivity index (χ0v) is 11.9. The Morgan fingerprint density at radius 2 is 2.38 bits per heavy atom. The lowest BCUT2D eigenvalue weighted by molar-refractivity contribution is -0.131. The summed E-state index contributed by atoms with van der Waals surface area (Å²) < 4.78 is 5.51. The summed E-state index contributed by atoms with van der Waals surface area (Å²) in [7, 11) is 1.70. The molecule has 0 aromatic carbocycles. The number of nitrogens with zero attached hydrogens (tertiary/aromatic N) is 2. The standard InChI is InChI=1S/C15H18N2O4/c1-17(10-12-5-3-9-21-12)15(20)14-11(4-2-8-16-14)6-7-13(18)19/h2,4,6-8,12H,3,5,9-10H2,1H3,(H,18,19)/b7-6+. The van der Waals surface area contributed by atoms with Gasteiger partial charge in [0.2, 0.25) is 0 Å². The normalized spacial score (nSPS) is 18.0. The van der Waals surface area contributed by atoms with E-state index < -0.39 is 5.97 Å². The van der Waals surface area contributed by atoms with Gasteiger partial charge in [-0.2, -0.15) is 0 Å². The van der Waals surface area contributed by atoms with Gasteiger partial charge < -0.3 is 14.7 Å². The van der Waals surface area contributed by atoms with E-state index in [2.05, 4.69) is 4.98 Å². The highest BCUT2D eigenvalue weighted by Gasteiger charge is 2.22. The number of amides is 1. The fourth-order valence-electron chi connectivity index (χ4n) is 2.25. The van der Waals surface area contributed by atoms with Gasteiger partial charge in [-0.15, -0.1) is 0 Å². The molecule has 1 aliphatic heterocycles. The number of rotatable bonds is 5. The van der Waals surface area contributed by atoms with Crippen molar-refractivity contribution in [3.05, 3.63) is 35.7 Å². The maximum atomic E-state index is 12.4. The molecule has 1 fully saturated rings. The van der Waals surface area contributed by atoms with Crippen molar-refractivity contribution in [1.82, 2.24) is 9.88 Å². The highest BCUT2D eigenvalue weighted by atomic mass is 16.5. The summed E-state index contributed by atoms with van der Waals surface area (Å²) in [6, 6.07) is 3.33. The van der Waals surface area contributed by atoms with E-state index >= 15 is 0 Å². The van der Waals surface area contributed by atoms with Crippen LogP contribution in [-0.4, -0.2) is 53.2 Å². The van der Waals surface area contributed by atoms with E-state index in [1.807, 2.05) is 0 Å². The summed E-state index contributed by atoms with van der Waals surface area (Å²) >= 11 is 0. The van der Waals surface area contributed by atoms with Gasteiger partial charge in [-0.05, 0) is 25.0 Å². The number of aromatic nitrogens is 1. The molecule has 1 aromatic heterocycles. The van der Waals surface area contributed by atoms with Gasteiger partial charge in [0, 0.05) is 38.0 Å². The molecule has 1 N–H and O–H groups in total. The van der Waals surface area contributed by atoms with Crippen LogP contribution in [0.1, 0.15) is 28.9 Å². The van der Waals surface area contributed by atoms with Crippen LogP contribution in [0.5, 0.6) is 0 Å². The Kier molecular flexibility index (Phi) is 5.05. The van der Waals surface area contributed by atoms with Crippen LogP contribution in [0, 0.1) is 0 Å². The summed E-state index contributed by atoms with van der Waals surface area (Å²) in [5.41, 5.74) is 0.736. The van der Waals surface area contributed by atoms with E-state index in [1.165, 1.54) is 12.3 Å². The van der Waals surface area contributed by atoms with Crippen LogP contribution in [-0.2, 0) is 9.53 Å². The molecule has 1 aliphatic rings. The molecule has 2 heterocycles. The molecule has 1 saturated heterocycles. The SMILES string of the molecule is CN(CC1CCCO1)C(=O)c1ncccc1/C=C/C(=O)O. The fraction of sp³-hybridized carbons (Fsp3) is 0.400. The molecular formula is C15H18N2O4. The molecule has 1 amide bonds. The van der Waals surface area contributed by atoms with Gasteiger partial charge in [0.1, 0.15) is 5.69 Å². The number of carboxylic acids is 1. The van der Waals surface area contributed by atoms with Crippen LogP contribution in [0.4, 0.5) is 0 Å². The molecule has 1 aromatic rings. The van der Waals surface area contributed by atoms with E-state index in [1.54, 1.807) is 24.1 Å². The Hall–Kier alpha value is -2.21. The van der Waals surface area contributed by atoms with Gasteiger partial charge in [0.05, 0.1) is 6.10 Å². The first-order valence-corrected chi connectivity index (χ1v) is 6.81. The molecule has 6 heteroatoms. The zero-order chi connectivity index (χ0) is 15.2. The zero-order valence-electron chi connectivity index (χ0n) is 11.9. The van der Waals surface area contributed by atoms with E-state index in [9.17, 15) is 9.59 Å². The molecule has 0 bridgehead atoms. The Morgan fingerprint density at radius 3 is 3.05 bits per heavy atom. The van der Waals surface area contributed by atoms with Gasteiger partial charge in [-0.25, -0.2) is 4.79 Å². The van der Waals surface area contributed by atoms with Gasteiger partial charge in [0.15, 0.2) is 0 Å². The predicted molar refractivity (Wildman–Crippen MR) is 76.8 cm³/mol. The fourth-order valence-corrected chi connectivity index (χ4v) is 2.25. The quantitative estimate of drug-likeness (QED) is 0.830. The number of aliphatic carboxylic acids is 1. The highest BCUT2D eigenvalue weighted by Crippen LogP contribution is 2.15. The Labute approximate surface area is 123 Å². The summed E-state index contributed by atoms with van der Waals surface area (Å²) in [5, 5.41) is 8.68. The molecule has 112 valence electrons. The molecule has 0 aliphatic carbocycles. The number of ether oxygens (including phenoxy) is 1. The lowest BCUT2D eigenvalue weighted by Crippen LogP contribution is -2.34. The van der Waals surface area contributed by atoms with Crippen molar-refractivity contribution in [1.29, 1.82) is 0 Å². The number of carbonyl (C=O) groups excluding carboxylic acids is 1. The molecule has 2 rings (SSSR count). The average Bonchev–Trinajstić information content (AvgIpc) is 2.97. The number of hydrogen-bond donors (Lipinski definition) is 1. The minimum atomic E-state index is -1.06. The number of hydrogen-bond acceptors (Lipinski definition) is 4. The predicted octanol–water partition coefficient (Wildman–Crippen LogP) is 1.43. The summed E-state index contributed by atoms with van der Waals surface area (Å²) in [6.45, 7) is 1.25. The second kappa shape index (κ2) is 6.99. The largest absolute Gasteiger partial charge is 0.478 e. The third-order valence-corrected chi connectivity index (χ3v) is 3.30. The highest BCUT2D eigenvalue weighted by molar-refractivity contribution is 5.97. The van der Waals surface area contributed by atoms with Crippen LogP contribution >= 0.6 is 0 Å². The number of carboxylic acid groups (broad SMARTS) is 1. The summed E-state index contributed by atoms with van der Waals surface area (Å²) in [6.07, 6.45) is 5.93. The van der Waals surface area contributed by atoms with Gasteiger partial charge in [-0.1, -0.05) is 6.07 Å². The van der Waals surface area contributed by atoms with Crippen molar-refractivity contribution in [2.75, 3.05) is 20.2 Å². The molecule has 0 saturated carbocycles. The van der Waals surface area contributed by atoms with Gasteiger partial charge in [0.25, 0.3) is 5.91 Å². The maximum Gasteiger partial charge on any atom is 0.328 e. The van der Waals surface area contributed by atoms with E-state index in [0.717, 1.165) is 25.5 Å². The Morgan fingerprint density at radius 1 is 1.57 bits per heavy atom. The van der Waals surface area contributed by atoms with Crippen molar-refractivity contribution in [3.8, 4) is 0 Å². The molecule has 0 spiro atoms. The minimum absolute atomic E-state index is 0.0701. The van der Waals surface area contributed by atoms with E-state index in [4.69, 9.17) is 9.84 Å². The molecule has 1 unspecified atom stereocenters. The summed E-state index contributed by atoms with van der Waals surface area (Å²) in [4.78, 5) is 28.7. The Balaban J connectivity index is 2.12. The number of carbonyl (C=O) groups is 2. The van der Waals surface area contributed by atoms with Crippen molar-refractivity contribution >= 4 is 18.0 Å². The average molecular weight is 290 g/mol. The first-order chi connectivity index (χ1) is 10.1. The van der Waals surface area contributed by atoms with Gasteiger partial charge >= 0.3 is 5.97 Å². The van der Waals surface area contributed by atoms with Gasteiger partial charge in [-0.3, -0.25) is 9.78 Å². The maximum absolute atomic E-state index is 12.4. The second-order valence-electron chi connectivity index (χ2n) is 4.93. The van der Waals surface area contributed by atoms with E-state index in [0.29, 0.717) is 12.1 Å². The second-order valence-corrected chi connectivity index (χ2v) is 4.93. The lowest BCUT2D eigenvalue weighted by atomic mass is 10.1. The number of likely N-dealkylation sites (N-methyl/N-ethyl adjacent to an activating group) is 1. The minimum Gasteiger partial charge on any atom is -0.478 e.